The number of hydrazine groups is 1. The van der Waals surface area contributed by atoms with E-state index in [2.05, 4.69) is 15.3 Å². The van der Waals surface area contributed by atoms with Crippen LogP contribution in [0.1, 0.15) is 20.7 Å². The summed E-state index contributed by atoms with van der Waals surface area (Å²) >= 11 is 12.2. The van der Waals surface area contributed by atoms with Crippen LogP contribution in [0.2, 0.25) is 10.0 Å². The van der Waals surface area contributed by atoms with Crippen LogP contribution in [0.4, 0.5) is 0 Å². The smallest absolute Gasteiger partial charge is 0.280 e. The molecule has 12 heteroatoms. The fourth-order valence-electron chi connectivity index (χ4n) is 3.08. The molecule has 0 aromatic heterocycles. The number of hydrogen-bond donors (Lipinski definition) is 3. The Balaban J connectivity index is 0.00000256. The Hall–Kier alpha value is -2.07. The topological polar surface area (TPSA) is 117 Å². The van der Waals surface area contributed by atoms with Crippen molar-refractivity contribution in [2.75, 3.05) is 33.2 Å². The minimum atomic E-state index is -0.654. The molecule has 3 rings (SSSR count). The van der Waals surface area contributed by atoms with Gasteiger partial charge in [0.2, 0.25) is 0 Å². The summed E-state index contributed by atoms with van der Waals surface area (Å²) in [5.41, 5.74) is 15.2. The molecule has 2 aromatic carbocycles. The lowest BCUT2D eigenvalue weighted by atomic mass is 9.99. The summed E-state index contributed by atoms with van der Waals surface area (Å²) in [6.45, 7) is 3.09. The average Bonchev–Trinajstić information content (AvgIpc) is 2.68. The van der Waals surface area contributed by atoms with Crippen molar-refractivity contribution in [2.45, 2.75) is 0 Å². The number of carbonyl (C=O) groups excluding carboxylic acids is 2. The molecule has 174 valence electrons. The van der Waals surface area contributed by atoms with Crippen molar-refractivity contribution in [1.82, 2.24) is 15.3 Å². The van der Waals surface area contributed by atoms with Gasteiger partial charge >= 0.3 is 0 Å². The molecule has 0 spiro atoms. The number of benzene rings is 2. The van der Waals surface area contributed by atoms with E-state index >= 15 is 0 Å². The standard InChI is InChI=1S/C20H22Cl2N6O2.2ClH/c1-27-2-4-28(5-3-27)26-19(30)15-7-12(13-9-16(21)11-17(22)10-13)6-14(8-15)18(29)25-20(23)24;;/h6-11H,2-5H2,1H3,(H,26,30)(H4,23,24,25,29);2*1H. The normalized spacial score (nSPS) is 14.0. The number of nitrogens with two attached hydrogens (primary N) is 2. The number of guanidine groups is 1. The van der Waals surface area contributed by atoms with E-state index in [1.165, 1.54) is 6.07 Å². The second-order valence-electron chi connectivity index (χ2n) is 7.03. The third-order valence-corrected chi connectivity index (χ3v) is 5.07. The third kappa shape index (κ3) is 7.51. The lowest BCUT2D eigenvalue weighted by molar-refractivity contribution is 0.0662. The molecule has 0 radical (unpaired) electrons. The van der Waals surface area contributed by atoms with Crippen LogP contribution in [-0.2, 0) is 0 Å². The lowest BCUT2D eigenvalue weighted by Gasteiger charge is -2.32. The van der Waals surface area contributed by atoms with Gasteiger partial charge in [0.1, 0.15) is 0 Å². The van der Waals surface area contributed by atoms with Gasteiger partial charge in [0.15, 0.2) is 5.96 Å². The van der Waals surface area contributed by atoms with Crippen molar-refractivity contribution in [1.29, 1.82) is 0 Å². The Bertz CT molecular complexity index is 985. The molecule has 32 heavy (non-hydrogen) atoms. The van der Waals surface area contributed by atoms with Gasteiger partial charge in [0, 0.05) is 47.4 Å². The van der Waals surface area contributed by atoms with Gasteiger partial charge in [-0.3, -0.25) is 15.0 Å². The number of hydrogen-bond acceptors (Lipinski definition) is 4. The summed E-state index contributed by atoms with van der Waals surface area (Å²) < 4.78 is 0. The van der Waals surface area contributed by atoms with Gasteiger partial charge in [-0.15, -0.1) is 24.8 Å². The highest BCUT2D eigenvalue weighted by Gasteiger charge is 2.19. The molecular weight excluding hydrogens is 498 g/mol. The lowest BCUT2D eigenvalue weighted by Crippen LogP contribution is -2.52. The minimum absolute atomic E-state index is 0. The zero-order chi connectivity index (χ0) is 21.8. The van der Waals surface area contributed by atoms with Crippen LogP contribution in [0.5, 0.6) is 0 Å². The number of piperazine rings is 1. The molecule has 1 saturated heterocycles. The first-order valence-corrected chi connectivity index (χ1v) is 9.97. The molecule has 0 saturated carbocycles. The van der Waals surface area contributed by atoms with Crippen LogP contribution < -0.4 is 16.9 Å². The second-order valence-corrected chi connectivity index (χ2v) is 7.90. The Kier molecular flexibility index (Phi) is 10.7. The zero-order valence-corrected chi connectivity index (χ0v) is 20.3. The number of aliphatic imine (C=N–C) groups is 1. The molecule has 8 nitrogen and oxygen atoms in total. The molecule has 5 N–H and O–H groups in total. The van der Waals surface area contributed by atoms with E-state index in [0.717, 1.165) is 13.1 Å². The Labute approximate surface area is 208 Å². The fraction of sp³-hybridized carbons (Fsp3) is 0.250. The first kappa shape index (κ1) is 28.0. The van der Waals surface area contributed by atoms with Crippen molar-refractivity contribution in [3.05, 3.63) is 57.6 Å². The molecule has 1 fully saturated rings. The number of likely N-dealkylation sites (N-methyl/N-ethyl adjacent to an activating group) is 1. The maximum atomic E-state index is 12.9. The third-order valence-electron chi connectivity index (χ3n) is 4.63. The van der Waals surface area contributed by atoms with E-state index in [0.29, 0.717) is 34.3 Å². The molecular formula is C20H24Cl4N6O2. The van der Waals surface area contributed by atoms with E-state index in [1.54, 1.807) is 30.3 Å². The summed E-state index contributed by atoms with van der Waals surface area (Å²) in [7, 11) is 2.03. The summed E-state index contributed by atoms with van der Waals surface area (Å²) in [6, 6.07) is 9.69. The molecule has 1 aliphatic rings. The van der Waals surface area contributed by atoms with Gasteiger partial charge in [-0.05, 0) is 54.6 Å². The molecule has 0 unspecified atom stereocenters. The molecule has 0 atom stereocenters. The van der Waals surface area contributed by atoms with E-state index in [-0.39, 0.29) is 47.8 Å². The van der Waals surface area contributed by atoms with Gasteiger partial charge in [0.25, 0.3) is 11.8 Å². The molecule has 1 heterocycles. The van der Waals surface area contributed by atoms with Crippen LogP contribution in [0, 0.1) is 0 Å². The first-order chi connectivity index (χ1) is 14.2. The van der Waals surface area contributed by atoms with Crippen molar-refractivity contribution in [2.24, 2.45) is 16.5 Å². The van der Waals surface area contributed by atoms with Crippen molar-refractivity contribution < 1.29 is 9.59 Å². The van der Waals surface area contributed by atoms with E-state index in [4.69, 9.17) is 34.7 Å². The van der Waals surface area contributed by atoms with Gasteiger partial charge in [0.05, 0.1) is 0 Å². The number of rotatable bonds is 4. The first-order valence-electron chi connectivity index (χ1n) is 9.21. The monoisotopic (exact) mass is 520 g/mol. The van der Waals surface area contributed by atoms with Crippen LogP contribution in [0.15, 0.2) is 41.4 Å². The Morgan fingerprint density at radius 2 is 1.41 bits per heavy atom. The summed E-state index contributed by atoms with van der Waals surface area (Å²) in [6.07, 6.45) is 0. The van der Waals surface area contributed by atoms with E-state index < -0.39 is 5.91 Å². The summed E-state index contributed by atoms with van der Waals surface area (Å²) in [5.74, 6) is -1.36. The van der Waals surface area contributed by atoms with Gasteiger partial charge in [-0.25, -0.2) is 5.01 Å². The molecule has 1 aliphatic heterocycles. The quantitative estimate of drug-likeness (QED) is 0.420. The molecule has 0 bridgehead atoms. The number of amides is 2. The molecule has 2 aromatic rings. The number of halogens is 4. The average molecular weight is 522 g/mol. The molecule has 2 amide bonds. The minimum Gasteiger partial charge on any atom is -0.370 e. The second kappa shape index (κ2) is 12.2. The highest BCUT2D eigenvalue weighted by molar-refractivity contribution is 6.35. The van der Waals surface area contributed by atoms with Crippen molar-refractivity contribution in [3.63, 3.8) is 0 Å². The number of nitrogens with zero attached hydrogens (tertiary/aromatic N) is 3. The van der Waals surface area contributed by atoms with Crippen molar-refractivity contribution >= 4 is 65.8 Å². The van der Waals surface area contributed by atoms with E-state index in [1.807, 2.05) is 12.1 Å². The molecule has 0 aliphatic carbocycles. The largest absolute Gasteiger partial charge is 0.370 e. The van der Waals surface area contributed by atoms with Gasteiger partial charge < -0.3 is 16.4 Å². The Morgan fingerprint density at radius 1 is 0.875 bits per heavy atom. The fourth-order valence-corrected chi connectivity index (χ4v) is 3.60. The van der Waals surface area contributed by atoms with E-state index in [9.17, 15) is 9.59 Å². The maximum Gasteiger partial charge on any atom is 0.280 e. The number of nitrogens with one attached hydrogen (secondary N) is 1. The zero-order valence-electron chi connectivity index (χ0n) is 17.2. The predicted molar refractivity (Wildman–Crippen MR) is 133 cm³/mol. The van der Waals surface area contributed by atoms with Crippen LogP contribution in [-0.4, -0.2) is 60.9 Å². The van der Waals surface area contributed by atoms with Gasteiger partial charge in [-0.1, -0.05) is 23.2 Å². The SMILES string of the molecule is CN1CCN(NC(=O)c2cc(C(=O)N=C(N)N)cc(-c3cc(Cl)cc(Cl)c3)c2)CC1.Cl.Cl. The predicted octanol–water partition coefficient (Wildman–Crippen LogP) is 2.81. The maximum absolute atomic E-state index is 12.9. The number of carbonyl (C=O) groups is 2. The van der Waals surface area contributed by atoms with Crippen LogP contribution in [0.3, 0.4) is 0 Å². The van der Waals surface area contributed by atoms with Gasteiger partial charge in [-0.2, -0.15) is 4.99 Å². The summed E-state index contributed by atoms with van der Waals surface area (Å²) in [5, 5.41) is 2.71. The van der Waals surface area contributed by atoms with Crippen molar-refractivity contribution in [3.8, 4) is 11.1 Å². The Morgan fingerprint density at radius 3 is 1.97 bits per heavy atom. The summed E-state index contributed by atoms with van der Waals surface area (Å²) in [4.78, 5) is 31.1. The highest BCUT2D eigenvalue weighted by atomic mass is 35.5. The van der Waals surface area contributed by atoms with Crippen LogP contribution in [0.25, 0.3) is 11.1 Å². The highest BCUT2D eigenvalue weighted by Crippen LogP contribution is 2.29. The van der Waals surface area contributed by atoms with Crippen LogP contribution >= 0.6 is 48.0 Å².